The van der Waals surface area contributed by atoms with Crippen molar-refractivity contribution in [3.8, 4) is 0 Å². The zero-order valence-electron chi connectivity index (χ0n) is 10.3. The number of nitrogens with one attached hydrogen (secondary N) is 2. The summed E-state index contributed by atoms with van der Waals surface area (Å²) >= 11 is 3.09. The van der Waals surface area contributed by atoms with Gasteiger partial charge in [0, 0.05) is 24.1 Å². The van der Waals surface area contributed by atoms with Gasteiger partial charge in [0.25, 0.3) is 0 Å². The van der Waals surface area contributed by atoms with E-state index in [1.807, 2.05) is 6.92 Å². The zero-order chi connectivity index (χ0) is 13.7. The Hall–Kier alpha value is -1.63. The second kappa shape index (κ2) is 6.34. The Balaban J connectivity index is 2.60. The van der Waals surface area contributed by atoms with Crippen LogP contribution in [0.2, 0.25) is 0 Å². The maximum atomic E-state index is 11.6. The SMILES string of the molecule is C=C(Br)CNC(=O)C(=O)Nc1cc(CC)nn1C. The number of hydrogen-bond donors (Lipinski definition) is 2. The van der Waals surface area contributed by atoms with Crippen LogP contribution in [-0.4, -0.2) is 28.1 Å². The molecule has 0 atom stereocenters. The van der Waals surface area contributed by atoms with Gasteiger partial charge in [-0.3, -0.25) is 14.3 Å². The van der Waals surface area contributed by atoms with Crippen LogP contribution in [0.25, 0.3) is 0 Å². The predicted octanol–water partition coefficient (Wildman–Crippen LogP) is 0.946. The van der Waals surface area contributed by atoms with Gasteiger partial charge in [-0.25, -0.2) is 0 Å². The van der Waals surface area contributed by atoms with Crippen molar-refractivity contribution in [3.63, 3.8) is 0 Å². The number of nitrogens with zero attached hydrogens (tertiary/aromatic N) is 2. The topological polar surface area (TPSA) is 76.0 Å². The molecule has 0 saturated carbocycles. The fourth-order valence-corrected chi connectivity index (χ4v) is 1.39. The zero-order valence-corrected chi connectivity index (χ0v) is 11.9. The molecule has 0 aliphatic heterocycles. The number of amides is 2. The van der Waals surface area contributed by atoms with Crippen LogP contribution in [0, 0.1) is 0 Å². The van der Waals surface area contributed by atoms with Crippen molar-refractivity contribution in [1.29, 1.82) is 0 Å². The molecule has 0 radical (unpaired) electrons. The van der Waals surface area contributed by atoms with Crippen LogP contribution in [0.4, 0.5) is 5.82 Å². The van der Waals surface area contributed by atoms with Gasteiger partial charge in [0.15, 0.2) is 0 Å². The van der Waals surface area contributed by atoms with Crippen molar-refractivity contribution in [2.45, 2.75) is 13.3 Å². The number of rotatable bonds is 4. The molecule has 0 aliphatic rings. The molecule has 1 heterocycles. The van der Waals surface area contributed by atoms with Gasteiger partial charge < -0.3 is 10.6 Å². The van der Waals surface area contributed by atoms with Gasteiger partial charge in [-0.2, -0.15) is 5.10 Å². The Bertz CT molecular complexity index is 481. The van der Waals surface area contributed by atoms with Crippen LogP contribution in [0.3, 0.4) is 0 Å². The van der Waals surface area contributed by atoms with Crippen molar-refractivity contribution in [2.75, 3.05) is 11.9 Å². The third-order valence-electron chi connectivity index (χ3n) is 2.18. The summed E-state index contributed by atoms with van der Waals surface area (Å²) in [5, 5.41) is 9.07. The monoisotopic (exact) mass is 314 g/mol. The van der Waals surface area contributed by atoms with Crippen LogP contribution in [0.5, 0.6) is 0 Å². The smallest absolute Gasteiger partial charge is 0.314 e. The van der Waals surface area contributed by atoms with E-state index in [-0.39, 0.29) is 6.54 Å². The van der Waals surface area contributed by atoms with E-state index < -0.39 is 11.8 Å². The molecule has 0 unspecified atom stereocenters. The first-order valence-corrected chi connectivity index (χ1v) is 6.18. The largest absolute Gasteiger partial charge is 0.343 e. The lowest BCUT2D eigenvalue weighted by atomic mass is 10.3. The second-order valence-corrected chi connectivity index (χ2v) is 4.77. The highest BCUT2D eigenvalue weighted by molar-refractivity contribution is 9.11. The standard InChI is InChI=1S/C11H15BrN4O2/c1-4-8-5-9(16(3)15-8)14-11(18)10(17)13-6-7(2)12/h5H,2,4,6H2,1,3H3,(H,13,17)(H,14,18). The fourth-order valence-electron chi connectivity index (χ4n) is 1.25. The molecule has 7 heteroatoms. The summed E-state index contributed by atoms with van der Waals surface area (Å²) < 4.78 is 2.12. The number of halogens is 1. The number of aryl methyl sites for hydroxylation is 2. The Morgan fingerprint density at radius 2 is 2.17 bits per heavy atom. The minimum absolute atomic E-state index is 0.206. The fraction of sp³-hybridized carbons (Fsp3) is 0.364. The summed E-state index contributed by atoms with van der Waals surface area (Å²) in [4.78, 5) is 23.0. The molecule has 0 spiro atoms. The Labute approximate surface area is 114 Å². The van der Waals surface area contributed by atoms with Crippen molar-refractivity contribution in [3.05, 3.63) is 22.8 Å². The van der Waals surface area contributed by atoms with Gasteiger partial charge in [0.2, 0.25) is 0 Å². The van der Waals surface area contributed by atoms with Crippen LogP contribution in [-0.2, 0) is 23.1 Å². The van der Waals surface area contributed by atoms with Crippen LogP contribution >= 0.6 is 15.9 Å². The molecule has 2 amide bonds. The van der Waals surface area contributed by atoms with Crippen LogP contribution < -0.4 is 10.6 Å². The molecule has 1 rings (SSSR count). The highest BCUT2D eigenvalue weighted by Crippen LogP contribution is 2.09. The van der Waals surface area contributed by atoms with Gasteiger partial charge in [-0.1, -0.05) is 29.4 Å². The molecule has 0 aromatic carbocycles. The molecular formula is C11H15BrN4O2. The highest BCUT2D eigenvalue weighted by Gasteiger charge is 2.15. The van der Waals surface area contributed by atoms with E-state index >= 15 is 0 Å². The van der Waals surface area contributed by atoms with Crippen molar-refractivity contribution >= 4 is 33.6 Å². The van der Waals surface area contributed by atoms with Crippen molar-refractivity contribution < 1.29 is 9.59 Å². The number of anilines is 1. The molecule has 2 N–H and O–H groups in total. The highest BCUT2D eigenvalue weighted by atomic mass is 79.9. The lowest BCUT2D eigenvalue weighted by Gasteiger charge is -2.05. The quantitative estimate of drug-likeness (QED) is 0.812. The predicted molar refractivity (Wildman–Crippen MR) is 72.3 cm³/mol. The second-order valence-electron chi connectivity index (χ2n) is 3.65. The normalized spacial score (nSPS) is 9.94. The number of carbonyl (C=O) groups excluding carboxylic acids is 2. The van der Waals surface area contributed by atoms with E-state index in [1.165, 1.54) is 4.68 Å². The minimum Gasteiger partial charge on any atom is -0.343 e. The van der Waals surface area contributed by atoms with Gasteiger partial charge >= 0.3 is 11.8 Å². The molecule has 1 aromatic heterocycles. The molecule has 0 fully saturated rings. The molecule has 98 valence electrons. The molecule has 18 heavy (non-hydrogen) atoms. The van der Waals surface area contributed by atoms with E-state index in [2.05, 4.69) is 38.2 Å². The number of aromatic nitrogens is 2. The molecular weight excluding hydrogens is 300 g/mol. The molecule has 6 nitrogen and oxygen atoms in total. The van der Waals surface area contributed by atoms with Crippen LogP contribution in [0.1, 0.15) is 12.6 Å². The first-order chi connectivity index (χ1) is 8.43. The maximum Gasteiger partial charge on any atom is 0.314 e. The summed E-state index contributed by atoms with van der Waals surface area (Å²) in [5.74, 6) is -0.950. The van der Waals surface area contributed by atoms with E-state index in [1.54, 1.807) is 13.1 Å². The lowest BCUT2D eigenvalue weighted by Crippen LogP contribution is -2.36. The van der Waals surface area contributed by atoms with Crippen molar-refractivity contribution in [2.24, 2.45) is 7.05 Å². The summed E-state index contributed by atoms with van der Waals surface area (Å²) in [6.45, 7) is 5.72. The summed E-state index contributed by atoms with van der Waals surface area (Å²) in [5.41, 5.74) is 0.849. The Morgan fingerprint density at radius 3 is 2.67 bits per heavy atom. The minimum atomic E-state index is -0.727. The third-order valence-corrected chi connectivity index (χ3v) is 2.46. The molecule has 0 saturated heterocycles. The third kappa shape index (κ3) is 3.99. The summed E-state index contributed by atoms with van der Waals surface area (Å²) in [6, 6.07) is 1.73. The maximum absolute atomic E-state index is 11.6. The lowest BCUT2D eigenvalue weighted by molar-refractivity contribution is -0.136. The average Bonchev–Trinajstić information content (AvgIpc) is 2.67. The molecule has 0 bridgehead atoms. The van der Waals surface area contributed by atoms with E-state index in [4.69, 9.17) is 0 Å². The van der Waals surface area contributed by atoms with Gasteiger partial charge in [-0.15, -0.1) is 0 Å². The van der Waals surface area contributed by atoms with E-state index in [0.717, 1.165) is 12.1 Å². The van der Waals surface area contributed by atoms with Crippen LogP contribution in [0.15, 0.2) is 17.1 Å². The first kappa shape index (κ1) is 14.4. The first-order valence-electron chi connectivity index (χ1n) is 5.39. The van der Waals surface area contributed by atoms with Gasteiger partial charge in [-0.05, 0) is 6.42 Å². The van der Waals surface area contributed by atoms with Crippen molar-refractivity contribution in [1.82, 2.24) is 15.1 Å². The Kier molecular flexibility index (Phi) is 5.08. The Morgan fingerprint density at radius 1 is 1.50 bits per heavy atom. The van der Waals surface area contributed by atoms with Gasteiger partial charge in [0.1, 0.15) is 5.82 Å². The number of carbonyl (C=O) groups is 2. The summed E-state index contributed by atoms with van der Waals surface area (Å²) in [6.07, 6.45) is 0.763. The van der Waals surface area contributed by atoms with E-state index in [0.29, 0.717) is 10.3 Å². The number of hydrogen-bond acceptors (Lipinski definition) is 3. The summed E-state index contributed by atoms with van der Waals surface area (Å²) in [7, 11) is 1.70. The molecule has 1 aromatic rings. The van der Waals surface area contributed by atoms with E-state index in [9.17, 15) is 9.59 Å². The van der Waals surface area contributed by atoms with Gasteiger partial charge in [0.05, 0.1) is 5.69 Å². The molecule has 0 aliphatic carbocycles. The average molecular weight is 315 g/mol.